The van der Waals surface area contributed by atoms with Gasteiger partial charge in [0.1, 0.15) is 0 Å². The van der Waals surface area contributed by atoms with E-state index in [9.17, 15) is 9.59 Å². The van der Waals surface area contributed by atoms with Crippen LogP contribution in [0.3, 0.4) is 0 Å². The van der Waals surface area contributed by atoms with E-state index >= 15 is 0 Å². The van der Waals surface area contributed by atoms with Gasteiger partial charge in [-0.25, -0.2) is 0 Å². The average molecular weight is 403 g/mol. The molecule has 0 bridgehead atoms. The topological polar surface area (TPSA) is 67.9 Å². The maximum Gasteiger partial charge on any atom is 0.260 e. The Morgan fingerprint density at radius 3 is 2.57 bits per heavy atom. The lowest BCUT2D eigenvalue weighted by molar-refractivity contribution is -0.134. The number of rotatable bonds is 9. The minimum Gasteiger partial charge on any atom is -0.493 e. The molecule has 0 aliphatic heterocycles. The van der Waals surface area contributed by atoms with Gasteiger partial charge in [-0.15, -0.1) is 0 Å². The number of hydrogen-bond donors (Lipinski definition) is 1. The van der Waals surface area contributed by atoms with E-state index < -0.39 is 0 Å². The molecule has 28 heavy (non-hydrogen) atoms. The van der Waals surface area contributed by atoms with Crippen LogP contribution in [-0.4, -0.2) is 43.0 Å². The lowest BCUT2D eigenvalue weighted by atomic mass is 10.3. The van der Waals surface area contributed by atoms with Gasteiger partial charge in [0, 0.05) is 29.7 Å². The van der Waals surface area contributed by atoms with Gasteiger partial charge in [-0.2, -0.15) is 0 Å². The zero-order chi connectivity index (χ0) is 19.9. The Morgan fingerprint density at radius 1 is 1.14 bits per heavy atom. The highest BCUT2D eigenvalue weighted by Crippen LogP contribution is 2.29. The van der Waals surface area contributed by atoms with E-state index in [0.29, 0.717) is 28.8 Å². The smallest absolute Gasteiger partial charge is 0.260 e. The van der Waals surface area contributed by atoms with Crippen molar-refractivity contribution in [3.8, 4) is 11.5 Å². The summed E-state index contributed by atoms with van der Waals surface area (Å²) in [6, 6.07) is 14.3. The number of nitrogens with zero attached hydrogens (tertiary/aromatic N) is 1. The van der Waals surface area contributed by atoms with E-state index in [1.165, 1.54) is 0 Å². The van der Waals surface area contributed by atoms with Gasteiger partial charge < -0.3 is 19.7 Å². The molecular formula is C21H23ClN2O4. The molecule has 1 saturated carbocycles. The first kappa shape index (κ1) is 20.0. The molecule has 0 unspecified atom stereocenters. The maximum atomic E-state index is 12.6. The molecule has 1 N–H and O–H groups in total. The molecule has 6 nitrogen and oxygen atoms in total. The van der Waals surface area contributed by atoms with E-state index in [0.717, 1.165) is 12.8 Å². The second-order valence-electron chi connectivity index (χ2n) is 6.57. The second-order valence-corrected chi connectivity index (χ2v) is 7.00. The van der Waals surface area contributed by atoms with Gasteiger partial charge in [0.2, 0.25) is 5.91 Å². The van der Waals surface area contributed by atoms with Crippen LogP contribution in [0.5, 0.6) is 11.5 Å². The number of benzene rings is 2. The summed E-state index contributed by atoms with van der Waals surface area (Å²) in [7, 11) is 1.55. The summed E-state index contributed by atoms with van der Waals surface area (Å²) in [4.78, 5) is 26.6. The molecule has 7 heteroatoms. The molecule has 2 aromatic carbocycles. The largest absolute Gasteiger partial charge is 0.493 e. The summed E-state index contributed by atoms with van der Waals surface area (Å²) in [6.45, 7) is 0.262. The highest BCUT2D eigenvalue weighted by atomic mass is 35.5. The summed E-state index contributed by atoms with van der Waals surface area (Å²) in [6.07, 6.45) is 2.12. The van der Waals surface area contributed by atoms with E-state index in [1.807, 2.05) is 12.1 Å². The number of anilines is 1. The van der Waals surface area contributed by atoms with Crippen molar-refractivity contribution in [2.45, 2.75) is 25.3 Å². The Labute approximate surface area is 169 Å². The Kier molecular flexibility index (Phi) is 6.76. The van der Waals surface area contributed by atoms with Crippen molar-refractivity contribution in [2.24, 2.45) is 0 Å². The van der Waals surface area contributed by atoms with E-state index in [1.54, 1.807) is 48.4 Å². The van der Waals surface area contributed by atoms with Crippen molar-refractivity contribution in [2.75, 3.05) is 25.6 Å². The van der Waals surface area contributed by atoms with Gasteiger partial charge in [-0.05, 0) is 43.2 Å². The number of ether oxygens (including phenoxy) is 2. The lowest BCUT2D eigenvalue weighted by Gasteiger charge is -2.22. The summed E-state index contributed by atoms with van der Waals surface area (Å²) >= 11 is 5.93. The molecule has 0 aromatic heterocycles. The predicted molar refractivity (Wildman–Crippen MR) is 108 cm³/mol. The van der Waals surface area contributed by atoms with Crippen molar-refractivity contribution in [3.05, 3.63) is 53.6 Å². The Bertz CT molecular complexity index is 839. The summed E-state index contributed by atoms with van der Waals surface area (Å²) < 4.78 is 10.9. The maximum absolute atomic E-state index is 12.6. The third-order valence-electron chi connectivity index (χ3n) is 4.42. The number of nitrogens with one attached hydrogen (secondary N) is 1. The fourth-order valence-electron chi connectivity index (χ4n) is 2.87. The Hall–Kier alpha value is -2.73. The van der Waals surface area contributed by atoms with Crippen molar-refractivity contribution >= 4 is 29.1 Å². The third kappa shape index (κ3) is 5.63. The molecule has 0 saturated heterocycles. The molecule has 1 aliphatic carbocycles. The van der Waals surface area contributed by atoms with Crippen LogP contribution < -0.4 is 14.8 Å². The first-order chi connectivity index (χ1) is 13.6. The Morgan fingerprint density at radius 2 is 1.89 bits per heavy atom. The molecule has 1 aliphatic rings. The zero-order valence-corrected chi connectivity index (χ0v) is 16.4. The molecule has 2 aromatic rings. The molecule has 0 atom stereocenters. The number of carbonyl (C=O) groups is 2. The van der Waals surface area contributed by atoms with Crippen LogP contribution >= 0.6 is 11.6 Å². The zero-order valence-electron chi connectivity index (χ0n) is 15.7. The first-order valence-corrected chi connectivity index (χ1v) is 9.55. The highest BCUT2D eigenvalue weighted by molar-refractivity contribution is 6.30. The quantitative estimate of drug-likeness (QED) is 0.693. The van der Waals surface area contributed by atoms with Crippen LogP contribution in [-0.2, 0) is 9.59 Å². The standard InChI is InChI=1S/C21H23ClN2O4/c1-27-18-7-2-3-8-19(18)28-14-21(26)24(17-9-10-17)12-11-20(25)23-16-6-4-5-15(22)13-16/h2-8,13,17H,9-12,14H2,1H3,(H,23,25). The molecule has 148 valence electrons. The molecule has 1 fully saturated rings. The van der Waals surface area contributed by atoms with Crippen LogP contribution in [0.25, 0.3) is 0 Å². The van der Waals surface area contributed by atoms with Crippen LogP contribution in [0.1, 0.15) is 19.3 Å². The molecule has 2 amide bonds. The van der Waals surface area contributed by atoms with Crippen LogP contribution in [0.4, 0.5) is 5.69 Å². The summed E-state index contributed by atoms with van der Waals surface area (Å²) in [5, 5.41) is 3.36. The first-order valence-electron chi connectivity index (χ1n) is 9.17. The van der Waals surface area contributed by atoms with Crippen molar-refractivity contribution in [1.82, 2.24) is 4.90 Å². The van der Waals surface area contributed by atoms with E-state index in [2.05, 4.69) is 5.32 Å². The number of methoxy groups -OCH3 is 1. The fraction of sp³-hybridized carbons (Fsp3) is 0.333. The lowest BCUT2D eigenvalue weighted by Crippen LogP contribution is -2.38. The highest BCUT2D eigenvalue weighted by Gasteiger charge is 2.32. The summed E-state index contributed by atoms with van der Waals surface area (Å²) in [5.41, 5.74) is 0.640. The molecular weight excluding hydrogens is 380 g/mol. The van der Waals surface area contributed by atoms with E-state index in [4.69, 9.17) is 21.1 Å². The minimum atomic E-state index is -0.161. The van der Waals surface area contributed by atoms with Crippen molar-refractivity contribution < 1.29 is 19.1 Å². The average Bonchev–Trinajstić information content (AvgIpc) is 3.52. The van der Waals surface area contributed by atoms with Gasteiger partial charge in [0.15, 0.2) is 18.1 Å². The third-order valence-corrected chi connectivity index (χ3v) is 4.65. The molecule has 0 radical (unpaired) electrons. The SMILES string of the molecule is COc1ccccc1OCC(=O)N(CCC(=O)Nc1cccc(Cl)c1)C1CC1. The molecule has 0 heterocycles. The number of carbonyl (C=O) groups excluding carboxylic acids is 2. The molecule has 3 rings (SSSR count). The van der Waals surface area contributed by atoms with E-state index in [-0.39, 0.29) is 30.9 Å². The normalized spacial score (nSPS) is 12.9. The molecule has 0 spiro atoms. The predicted octanol–water partition coefficient (Wildman–Crippen LogP) is 3.75. The fourth-order valence-corrected chi connectivity index (χ4v) is 3.06. The van der Waals surface area contributed by atoms with Gasteiger partial charge in [-0.3, -0.25) is 9.59 Å². The van der Waals surface area contributed by atoms with Gasteiger partial charge in [0.25, 0.3) is 5.91 Å². The minimum absolute atomic E-state index is 0.0905. The van der Waals surface area contributed by atoms with Crippen LogP contribution in [0.15, 0.2) is 48.5 Å². The van der Waals surface area contributed by atoms with Crippen LogP contribution in [0, 0.1) is 0 Å². The van der Waals surface area contributed by atoms with Gasteiger partial charge >= 0.3 is 0 Å². The Balaban J connectivity index is 1.51. The number of hydrogen-bond acceptors (Lipinski definition) is 4. The summed E-state index contributed by atoms with van der Waals surface area (Å²) in [5.74, 6) is 0.803. The van der Waals surface area contributed by atoms with Gasteiger partial charge in [0.05, 0.1) is 7.11 Å². The van der Waals surface area contributed by atoms with Crippen LogP contribution in [0.2, 0.25) is 5.02 Å². The van der Waals surface area contributed by atoms with Gasteiger partial charge in [-0.1, -0.05) is 29.8 Å². The van der Waals surface area contributed by atoms with Crippen molar-refractivity contribution in [1.29, 1.82) is 0 Å². The van der Waals surface area contributed by atoms with Crippen molar-refractivity contribution in [3.63, 3.8) is 0 Å². The number of amides is 2. The monoisotopic (exact) mass is 402 g/mol. The second kappa shape index (κ2) is 9.46. The number of para-hydroxylation sites is 2. The number of halogens is 1.